The van der Waals surface area contributed by atoms with E-state index < -0.39 is 11.7 Å². The molecule has 0 aliphatic carbocycles. The number of para-hydroxylation sites is 1. The number of hydrogen-bond acceptors (Lipinski definition) is 4. The van der Waals surface area contributed by atoms with Gasteiger partial charge in [-0.2, -0.15) is 5.10 Å². The Bertz CT molecular complexity index is 988. The van der Waals surface area contributed by atoms with Crippen molar-refractivity contribution in [2.75, 3.05) is 11.4 Å². The fourth-order valence-electron chi connectivity index (χ4n) is 3.18. The summed E-state index contributed by atoms with van der Waals surface area (Å²) >= 11 is 0. The summed E-state index contributed by atoms with van der Waals surface area (Å²) in [5, 5.41) is 6.94. The van der Waals surface area contributed by atoms with Crippen LogP contribution in [0.25, 0.3) is 5.82 Å². The number of anilines is 1. The molecule has 0 unspecified atom stereocenters. The second kappa shape index (κ2) is 7.59. The Labute approximate surface area is 160 Å². The molecule has 8 heteroatoms. The van der Waals surface area contributed by atoms with Gasteiger partial charge in [-0.1, -0.05) is 18.2 Å². The van der Waals surface area contributed by atoms with E-state index >= 15 is 0 Å². The van der Waals surface area contributed by atoms with Gasteiger partial charge in [0.2, 0.25) is 11.8 Å². The molecule has 4 rings (SSSR count). The first kappa shape index (κ1) is 17.8. The first-order valence-electron chi connectivity index (χ1n) is 8.89. The lowest BCUT2D eigenvalue weighted by Gasteiger charge is -2.17. The Morgan fingerprint density at radius 2 is 2.07 bits per heavy atom. The van der Waals surface area contributed by atoms with Gasteiger partial charge in [0, 0.05) is 38.1 Å². The van der Waals surface area contributed by atoms with Crippen LogP contribution in [-0.4, -0.2) is 33.1 Å². The highest BCUT2D eigenvalue weighted by Gasteiger charge is 2.35. The van der Waals surface area contributed by atoms with Gasteiger partial charge in [0.25, 0.3) is 0 Å². The number of amides is 2. The van der Waals surface area contributed by atoms with Crippen LogP contribution in [-0.2, 0) is 16.1 Å². The predicted molar refractivity (Wildman–Crippen MR) is 100 cm³/mol. The number of carbonyl (C=O) groups excluding carboxylic acids is 2. The topological polar surface area (TPSA) is 80.1 Å². The Hall–Kier alpha value is -3.55. The largest absolute Gasteiger partial charge is 0.352 e. The molecule has 1 atom stereocenters. The molecule has 1 aliphatic rings. The molecule has 3 aromatic rings. The monoisotopic (exact) mass is 379 g/mol. The lowest BCUT2D eigenvalue weighted by Crippen LogP contribution is -2.32. The van der Waals surface area contributed by atoms with Gasteiger partial charge in [-0.15, -0.1) is 0 Å². The lowest BCUT2D eigenvalue weighted by molar-refractivity contribution is -0.126. The van der Waals surface area contributed by atoms with Crippen molar-refractivity contribution < 1.29 is 14.0 Å². The van der Waals surface area contributed by atoms with E-state index in [1.807, 2.05) is 18.2 Å². The molecule has 0 spiro atoms. The van der Waals surface area contributed by atoms with E-state index in [2.05, 4.69) is 15.4 Å². The zero-order chi connectivity index (χ0) is 19.5. The molecule has 0 saturated carbocycles. The van der Waals surface area contributed by atoms with Crippen LogP contribution in [0.15, 0.2) is 61.1 Å². The highest BCUT2D eigenvalue weighted by atomic mass is 19.1. The van der Waals surface area contributed by atoms with Crippen molar-refractivity contribution in [3.63, 3.8) is 0 Å². The van der Waals surface area contributed by atoms with Crippen molar-refractivity contribution >= 4 is 17.5 Å². The predicted octanol–water partition coefficient (Wildman–Crippen LogP) is 2.08. The van der Waals surface area contributed by atoms with E-state index in [4.69, 9.17) is 0 Å². The van der Waals surface area contributed by atoms with Gasteiger partial charge in [-0.3, -0.25) is 9.59 Å². The molecule has 1 aliphatic heterocycles. The maximum atomic E-state index is 13.9. The second-order valence-corrected chi connectivity index (χ2v) is 6.55. The summed E-state index contributed by atoms with van der Waals surface area (Å²) in [6.45, 7) is 0.470. The van der Waals surface area contributed by atoms with Crippen LogP contribution in [0.2, 0.25) is 0 Å². The third-order valence-electron chi connectivity index (χ3n) is 4.65. The number of carbonyl (C=O) groups is 2. The molecule has 2 amide bonds. The molecular formula is C20H18FN5O2. The SMILES string of the molecule is O=C(NCc1ccc(-n2cccn2)nc1)[C@@H]1CC(=O)N(c2ccccc2F)C1. The van der Waals surface area contributed by atoms with Gasteiger partial charge in [0.05, 0.1) is 11.6 Å². The maximum Gasteiger partial charge on any atom is 0.227 e. The third kappa shape index (κ3) is 3.62. The Morgan fingerprint density at radius 1 is 1.21 bits per heavy atom. The van der Waals surface area contributed by atoms with Crippen molar-refractivity contribution in [2.45, 2.75) is 13.0 Å². The molecule has 142 valence electrons. The number of halogens is 1. The summed E-state index contributed by atoms with van der Waals surface area (Å²) in [7, 11) is 0. The molecule has 1 N–H and O–H groups in total. The first-order chi connectivity index (χ1) is 13.6. The highest BCUT2D eigenvalue weighted by molar-refractivity contribution is 6.00. The van der Waals surface area contributed by atoms with Gasteiger partial charge in [0.15, 0.2) is 5.82 Å². The standard InChI is InChI=1S/C20H18FN5O2/c21-16-4-1-2-5-17(16)25-13-15(10-19(25)27)20(28)23-12-14-6-7-18(22-11-14)26-9-3-8-24-26/h1-9,11,15H,10,12-13H2,(H,23,28)/t15-/m1/s1. The molecule has 7 nitrogen and oxygen atoms in total. The van der Waals surface area contributed by atoms with E-state index in [-0.39, 0.29) is 30.5 Å². The molecule has 1 saturated heterocycles. The summed E-state index contributed by atoms with van der Waals surface area (Å²) in [6, 6.07) is 11.6. The number of hydrogen-bond donors (Lipinski definition) is 1. The lowest BCUT2D eigenvalue weighted by atomic mass is 10.1. The number of aromatic nitrogens is 3. The molecule has 1 aromatic carbocycles. The number of rotatable bonds is 5. The van der Waals surface area contributed by atoms with Gasteiger partial charge < -0.3 is 10.2 Å². The van der Waals surface area contributed by atoms with Crippen LogP contribution in [0.3, 0.4) is 0 Å². The molecule has 0 radical (unpaired) electrons. The van der Waals surface area contributed by atoms with E-state index in [1.165, 1.54) is 11.0 Å². The van der Waals surface area contributed by atoms with Gasteiger partial charge in [-0.05, 0) is 29.8 Å². The van der Waals surface area contributed by atoms with Crippen molar-refractivity contribution in [2.24, 2.45) is 5.92 Å². The zero-order valence-corrected chi connectivity index (χ0v) is 15.0. The van der Waals surface area contributed by atoms with Crippen molar-refractivity contribution in [3.05, 3.63) is 72.4 Å². The Kier molecular flexibility index (Phi) is 4.84. The molecule has 28 heavy (non-hydrogen) atoms. The minimum absolute atomic E-state index is 0.0661. The zero-order valence-electron chi connectivity index (χ0n) is 15.0. The smallest absolute Gasteiger partial charge is 0.227 e. The van der Waals surface area contributed by atoms with Crippen molar-refractivity contribution in [3.8, 4) is 5.82 Å². The van der Waals surface area contributed by atoms with Crippen molar-refractivity contribution in [1.82, 2.24) is 20.1 Å². The number of nitrogens with one attached hydrogen (secondary N) is 1. The molecule has 3 heterocycles. The summed E-state index contributed by atoms with van der Waals surface area (Å²) in [6.07, 6.45) is 5.20. The van der Waals surface area contributed by atoms with Crippen LogP contribution >= 0.6 is 0 Å². The fourth-order valence-corrected chi connectivity index (χ4v) is 3.18. The van der Waals surface area contributed by atoms with Crippen LogP contribution in [0.5, 0.6) is 0 Å². The number of pyridine rings is 1. The van der Waals surface area contributed by atoms with Crippen LogP contribution in [0.1, 0.15) is 12.0 Å². The van der Waals surface area contributed by atoms with E-state index in [9.17, 15) is 14.0 Å². The van der Waals surface area contributed by atoms with Gasteiger partial charge >= 0.3 is 0 Å². The maximum absolute atomic E-state index is 13.9. The van der Waals surface area contributed by atoms with Crippen molar-refractivity contribution in [1.29, 1.82) is 0 Å². The summed E-state index contributed by atoms with van der Waals surface area (Å²) in [5.74, 6) is -0.788. The van der Waals surface area contributed by atoms with Crippen LogP contribution in [0, 0.1) is 11.7 Å². The Morgan fingerprint density at radius 3 is 2.79 bits per heavy atom. The molecule has 0 bridgehead atoms. The van der Waals surface area contributed by atoms with Crippen LogP contribution < -0.4 is 10.2 Å². The van der Waals surface area contributed by atoms with E-state index in [0.717, 1.165) is 5.56 Å². The third-order valence-corrected chi connectivity index (χ3v) is 4.65. The summed E-state index contributed by atoms with van der Waals surface area (Å²) in [4.78, 5) is 30.3. The highest BCUT2D eigenvalue weighted by Crippen LogP contribution is 2.27. The van der Waals surface area contributed by atoms with E-state index in [1.54, 1.807) is 41.5 Å². The minimum atomic E-state index is -0.511. The second-order valence-electron chi connectivity index (χ2n) is 6.55. The van der Waals surface area contributed by atoms with Gasteiger partial charge in [0.1, 0.15) is 5.82 Å². The van der Waals surface area contributed by atoms with Crippen LogP contribution in [0.4, 0.5) is 10.1 Å². The summed E-state index contributed by atoms with van der Waals surface area (Å²) in [5.41, 5.74) is 1.04. The summed E-state index contributed by atoms with van der Waals surface area (Å²) < 4.78 is 15.6. The first-order valence-corrected chi connectivity index (χ1v) is 8.89. The minimum Gasteiger partial charge on any atom is -0.352 e. The molecule has 2 aromatic heterocycles. The normalized spacial score (nSPS) is 16.4. The average Bonchev–Trinajstić information content (AvgIpc) is 3.37. The van der Waals surface area contributed by atoms with Gasteiger partial charge in [-0.25, -0.2) is 14.1 Å². The quantitative estimate of drug-likeness (QED) is 0.736. The fraction of sp³-hybridized carbons (Fsp3) is 0.200. The number of benzene rings is 1. The number of nitrogens with zero attached hydrogens (tertiary/aromatic N) is 4. The average molecular weight is 379 g/mol. The van der Waals surface area contributed by atoms with E-state index in [0.29, 0.717) is 12.4 Å². The Balaban J connectivity index is 1.35. The molecular weight excluding hydrogens is 361 g/mol. The molecule has 1 fully saturated rings.